The Hall–Kier alpha value is -2.93. The van der Waals surface area contributed by atoms with E-state index in [9.17, 15) is 9.90 Å². The van der Waals surface area contributed by atoms with Crippen LogP contribution in [0.5, 0.6) is 0 Å². The first-order valence-corrected chi connectivity index (χ1v) is 10.5. The zero-order chi connectivity index (χ0) is 20.9. The van der Waals surface area contributed by atoms with Gasteiger partial charge in [-0.15, -0.1) is 0 Å². The summed E-state index contributed by atoms with van der Waals surface area (Å²) < 4.78 is 10.6. The van der Waals surface area contributed by atoms with Crippen molar-refractivity contribution in [3.05, 3.63) is 42.4 Å². The van der Waals surface area contributed by atoms with E-state index in [0.717, 1.165) is 59.6 Å². The monoisotopic (exact) mass is 409 g/mol. The molecule has 0 atom stereocenters. The first-order valence-electron chi connectivity index (χ1n) is 10.5. The van der Waals surface area contributed by atoms with Crippen molar-refractivity contribution in [2.45, 2.75) is 32.1 Å². The number of unbranched alkanes of at least 4 members (excludes halogenated alkanes) is 1. The molecule has 3 heterocycles. The number of furan rings is 1. The number of carboxylic acid groups (broad SMARTS) is 1. The third kappa shape index (κ3) is 4.46. The lowest BCUT2D eigenvalue weighted by molar-refractivity contribution is -0.142. The lowest BCUT2D eigenvalue weighted by atomic mass is 9.96. The number of methoxy groups -OCH3 is 1. The fraction of sp³-hybridized carbons (Fsp3) is 0.435. The summed E-state index contributed by atoms with van der Waals surface area (Å²) in [6.45, 7) is 2.07. The van der Waals surface area contributed by atoms with Crippen LogP contribution in [0.25, 0.3) is 22.2 Å². The molecular weight excluding hydrogens is 382 g/mol. The maximum Gasteiger partial charge on any atom is 0.306 e. The summed E-state index contributed by atoms with van der Waals surface area (Å²) in [6, 6.07) is 7.95. The summed E-state index contributed by atoms with van der Waals surface area (Å²) in [5, 5.41) is 10.3. The summed E-state index contributed by atoms with van der Waals surface area (Å²) >= 11 is 0. The molecule has 7 nitrogen and oxygen atoms in total. The number of hydrogen-bond acceptors (Lipinski definition) is 6. The van der Waals surface area contributed by atoms with Gasteiger partial charge in [-0.1, -0.05) is 0 Å². The summed E-state index contributed by atoms with van der Waals surface area (Å²) in [7, 11) is 1.71. The van der Waals surface area contributed by atoms with Crippen LogP contribution in [0.15, 0.2) is 41.1 Å². The second-order valence-electron chi connectivity index (χ2n) is 7.76. The molecule has 7 heteroatoms. The Kier molecular flexibility index (Phi) is 6.28. The Labute approximate surface area is 175 Å². The quantitative estimate of drug-likeness (QED) is 0.559. The topological polar surface area (TPSA) is 88.7 Å². The van der Waals surface area contributed by atoms with Crippen LogP contribution >= 0.6 is 0 Å². The van der Waals surface area contributed by atoms with Crippen molar-refractivity contribution in [2.75, 3.05) is 31.7 Å². The lowest BCUT2D eigenvalue weighted by Crippen LogP contribution is -2.37. The molecule has 0 unspecified atom stereocenters. The van der Waals surface area contributed by atoms with Crippen LogP contribution in [0.1, 0.15) is 31.4 Å². The normalized spacial score (nSPS) is 15.0. The van der Waals surface area contributed by atoms with E-state index in [4.69, 9.17) is 19.1 Å². The molecule has 0 bridgehead atoms. The van der Waals surface area contributed by atoms with Crippen LogP contribution in [0.4, 0.5) is 5.82 Å². The number of carbonyl (C=O) groups is 1. The summed E-state index contributed by atoms with van der Waals surface area (Å²) in [4.78, 5) is 23.3. The van der Waals surface area contributed by atoms with Crippen molar-refractivity contribution in [1.29, 1.82) is 0 Å². The molecule has 1 aliphatic rings. The third-order valence-electron chi connectivity index (χ3n) is 5.70. The van der Waals surface area contributed by atoms with Gasteiger partial charge in [-0.25, -0.2) is 4.98 Å². The molecule has 2 aromatic heterocycles. The number of nitrogens with zero attached hydrogens (tertiary/aromatic N) is 3. The van der Waals surface area contributed by atoms with E-state index in [1.807, 2.05) is 24.4 Å². The average Bonchev–Trinajstić information content (AvgIpc) is 3.24. The zero-order valence-corrected chi connectivity index (χ0v) is 17.2. The van der Waals surface area contributed by atoms with E-state index in [-0.39, 0.29) is 5.92 Å². The largest absolute Gasteiger partial charge is 0.481 e. The molecule has 1 fully saturated rings. The Balaban J connectivity index is 1.63. The summed E-state index contributed by atoms with van der Waals surface area (Å²) in [5.74, 6) is -0.152. The SMILES string of the molecule is COCCCCc1cnc(-c2ccc3occc3c2)c(N2CCC(C(=O)O)CC2)n1. The number of carboxylic acids is 1. The summed E-state index contributed by atoms with van der Waals surface area (Å²) in [6.07, 6.45) is 7.59. The highest BCUT2D eigenvalue weighted by atomic mass is 16.5. The predicted octanol–water partition coefficient (Wildman–Crippen LogP) is 4.16. The van der Waals surface area contributed by atoms with Gasteiger partial charge < -0.3 is 19.2 Å². The lowest BCUT2D eigenvalue weighted by Gasteiger charge is -2.32. The van der Waals surface area contributed by atoms with Crippen molar-refractivity contribution in [1.82, 2.24) is 9.97 Å². The molecule has 0 radical (unpaired) electrons. The predicted molar refractivity (Wildman–Crippen MR) is 115 cm³/mol. The van der Waals surface area contributed by atoms with Crippen LogP contribution in [-0.4, -0.2) is 47.8 Å². The van der Waals surface area contributed by atoms with E-state index in [2.05, 4.69) is 11.0 Å². The van der Waals surface area contributed by atoms with E-state index in [1.165, 1.54) is 0 Å². The third-order valence-corrected chi connectivity index (χ3v) is 5.70. The van der Waals surface area contributed by atoms with Crippen LogP contribution in [0.2, 0.25) is 0 Å². The maximum absolute atomic E-state index is 11.3. The highest BCUT2D eigenvalue weighted by Crippen LogP contribution is 2.32. The molecule has 0 aliphatic carbocycles. The van der Waals surface area contributed by atoms with Gasteiger partial charge in [0, 0.05) is 44.0 Å². The van der Waals surface area contributed by atoms with E-state index in [1.54, 1.807) is 13.4 Å². The van der Waals surface area contributed by atoms with Crippen LogP contribution < -0.4 is 4.90 Å². The molecule has 0 amide bonds. The van der Waals surface area contributed by atoms with E-state index in [0.29, 0.717) is 25.9 Å². The van der Waals surface area contributed by atoms with Gasteiger partial charge in [-0.2, -0.15) is 0 Å². The van der Waals surface area contributed by atoms with Gasteiger partial charge in [0.25, 0.3) is 0 Å². The Morgan fingerprint density at radius 1 is 1.27 bits per heavy atom. The van der Waals surface area contributed by atoms with Crippen molar-refractivity contribution < 1.29 is 19.1 Å². The van der Waals surface area contributed by atoms with Gasteiger partial charge in [-0.3, -0.25) is 9.78 Å². The number of benzene rings is 1. The maximum atomic E-state index is 11.3. The molecule has 4 rings (SSSR count). The standard InChI is InChI=1S/C23H27N3O4/c1-29-12-3-2-4-19-15-24-21(18-5-6-20-17(14-18)9-13-30-20)22(25-19)26-10-7-16(8-11-26)23(27)28/h5-6,9,13-16H,2-4,7-8,10-12H2,1H3,(H,27,28). The van der Waals surface area contributed by atoms with Crippen molar-refractivity contribution in [2.24, 2.45) is 5.92 Å². The zero-order valence-electron chi connectivity index (χ0n) is 17.2. The fourth-order valence-electron chi connectivity index (χ4n) is 3.96. The molecule has 3 aromatic rings. The molecule has 1 aromatic carbocycles. The van der Waals surface area contributed by atoms with Gasteiger partial charge >= 0.3 is 5.97 Å². The second-order valence-corrected chi connectivity index (χ2v) is 7.76. The highest BCUT2D eigenvalue weighted by molar-refractivity contribution is 5.85. The smallest absolute Gasteiger partial charge is 0.306 e. The highest BCUT2D eigenvalue weighted by Gasteiger charge is 2.27. The molecule has 158 valence electrons. The minimum absolute atomic E-state index is 0.280. The second kappa shape index (κ2) is 9.26. The first-order chi connectivity index (χ1) is 14.7. The number of fused-ring (bicyclic) bond motifs is 1. The van der Waals surface area contributed by atoms with Crippen molar-refractivity contribution in [3.63, 3.8) is 0 Å². The number of anilines is 1. The number of aryl methyl sites for hydroxylation is 1. The minimum Gasteiger partial charge on any atom is -0.481 e. The fourth-order valence-corrected chi connectivity index (χ4v) is 3.96. The Morgan fingerprint density at radius 3 is 2.87 bits per heavy atom. The number of hydrogen-bond donors (Lipinski definition) is 1. The Morgan fingerprint density at radius 2 is 2.10 bits per heavy atom. The van der Waals surface area contributed by atoms with Gasteiger partial charge in [-0.05, 0) is 56.4 Å². The number of ether oxygens (including phenoxy) is 1. The number of aliphatic carboxylic acids is 1. The summed E-state index contributed by atoms with van der Waals surface area (Å²) in [5.41, 5.74) is 3.60. The molecule has 1 N–H and O–H groups in total. The van der Waals surface area contributed by atoms with Gasteiger partial charge in [0.1, 0.15) is 11.3 Å². The van der Waals surface area contributed by atoms with Crippen molar-refractivity contribution >= 4 is 22.8 Å². The van der Waals surface area contributed by atoms with Crippen molar-refractivity contribution in [3.8, 4) is 11.3 Å². The number of piperidine rings is 1. The van der Waals surface area contributed by atoms with Crippen LogP contribution in [0, 0.1) is 5.92 Å². The van der Waals surface area contributed by atoms with Gasteiger partial charge in [0.15, 0.2) is 5.82 Å². The number of rotatable bonds is 8. The first kappa shape index (κ1) is 20.3. The van der Waals surface area contributed by atoms with Gasteiger partial charge in [0.2, 0.25) is 0 Å². The molecule has 0 saturated carbocycles. The van der Waals surface area contributed by atoms with Gasteiger partial charge in [0.05, 0.1) is 17.9 Å². The molecule has 30 heavy (non-hydrogen) atoms. The van der Waals surface area contributed by atoms with Crippen LogP contribution in [0.3, 0.4) is 0 Å². The molecule has 1 aliphatic heterocycles. The molecule has 0 spiro atoms. The minimum atomic E-state index is -0.710. The van der Waals surface area contributed by atoms with E-state index < -0.39 is 5.97 Å². The molecule has 1 saturated heterocycles. The number of aromatic nitrogens is 2. The Bertz CT molecular complexity index is 1010. The van der Waals surface area contributed by atoms with E-state index >= 15 is 0 Å². The van der Waals surface area contributed by atoms with Crippen LogP contribution in [-0.2, 0) is 16.0 Å². The average molecular weight is 409 g/mol. The molecular formula is C23H27N3O4.